The van der Waals surface area contributed by atoms with Gasteiger partial charge >= 0.3 is 5.97 Å². The lowest BCUT2D eigenvalue weighted by molar-refractivity contribution is -0.139. The van der Waals surface area contributed by atoms with E-state index in [2.05, 4.69) is 15.1 Å². The molecule has 0 bridgehead atoms. The quantitative estimate of drug-likeness (QED) is 0.391. The number of aliphatic carboxylic acids is 1. The van der Waals surface area contributed by atoms with Gasteiger partial charge in [0.15, 0.2) is 12.4 Å². The molecule has 11 heteroatoms. The molecule has 3 aromatic rings. The summed E-state index contributed by atoms with van der Waals surface area (Å²) in [6, 6.07) is 8.20. The fourth-order valence-corrected chi connectivity index (χ4v) is 3.65. The van der Waals surface area contributed by atoms with E-state index >= 15 is 0 Å². The SMILES string of the molecule is [C-]#[N+]c1cc(Cl)c(Nc2ccc3c(c2)cc(OCC(=O)O)c(=O)n3CC2COC2)nc1Cl. The van der Waals surface area contributed by atoms with Crippen molar-refractivity contribution in [3.63, 3.8) is 0 Å². The van der Waals surface area contributed by atoms with E-state index in [1.165, 1.54) is 12.1 Å². The van der Waals surface area contributed by atoms with Crippen LogP contribution in [-0.4, -0.2) is 40.4 Å². The fourth-order valence-electron chi connectivity index (χ4n) is 3.27. The summed E-state index contributed by atoms with van der Waals surface area (Å²) in [4.78, 5) is 31.2. The molecule has 1 aliphatic rings. The minimum atomic E-state index is -1.18. The Morgan fingerprint density at radius 2 is 2.12 bits per heavy atom. The van der Waals surface area contributed by atoms with Gasteiger partial charge < -0.3 is 24.5 Å². The number of halogens is 2. The number of carbonyl (C=O) groups is 1. The summed E-state index contributed by atoms with van der Waals surface area (Å²) in [7, 11) is 0. The molecule has 0 radical (unpaired) electrons. The summed E-state index contributed by atoms with van der Waals surface area (Å²) in [5.41, 5.74) is 0.998. The van der Waals surface area contributed by atoms with Crippen LogP contribution in [0.5, 0.6) is 5.75 Å². The molecule has 4 rings (SSSR count). The molecule has 0 spiro atoms. The molecule has 1 aliphatic heterocycles. The summed E-state index contributed by atoms with van der Waals surface area (Å²) in [6.07, 6.45) is 0. The molecular formula is C21H16Cl2N4O5. The lowest BCUT2D eigenvalue weighted by Gasteiger charge is -2.27. The van der Waals surface area contributed by atoms with Crippen LogP contribution in [0.15, 0.2) is 35.1 Å². The van der Waals surface area contributed by atoms with Crippen molar-refractivity contribution in [2.75, 3.05) is 25.1 Å². The summed E-state index contributed by atoms with van der Waals surface area (Å²) >= 11 is 12.2. The van der Waals surface area contributed by atoms with Crippen molar-refractivity contribution in [2.24, 2.45) is 5.92 Å². The highest BCUT2D eigenvalue weighted by Gasteiger charge is 2.22. The number of ether oxygens (including phenoxy) is 2. The van der Waals surface area contributed by atoms with Crippen LogP contribution in [0.3, 0.4) is 0 Å². The molecule has 9 nitrogen and oxygen atoms in total. The Bertz CT molecular complexity index is 1310. The first-order chi connectivity index (χ1) is 15.4. The van der Waals surface area contributed by atoms with Crippen molar-refractivity contribution in [3.8, 4) is 5.75 Å². The van der Waals surface area contributed by atoms with Crippen LogP contribution in [0.4, 0.5) is 17.2 Å². The average Bonchev–Trinajstić information content (AvgIpc) is 2.72. The number of carboxylic acids is 1. The van der Waals surface area contributed by atoms with E-state index in [0.717, 1.165) is 0 Å². The minimum Gasteiger partial charge on any atom is -0.479 e. The maximum Gasteiger partial charge on any atom is 0.341 e. The Morgan fingerprint density at radius 3 is 2.78 bits per heavy atom. The Balaban J connectivity index is 1.74. The number of anilines is 2. The molecular weight excluding hydrogens is 459 g/mol. The van der Waals surface area contributed by atoms with Crippen molar-refractivity contribution in [3.05, 3.63) is 62.3 Å². The number of hydrogen-bond donors (Lipinski definition) is 2. The summed E-state index contributed by atoms with van der Waals surface area (Å²) < 4.78 is 12.0. The molecule has 3 heterocycles. The normalized spacial score (nSPS) is 13.4. The van der Waals surface area contributed by atoms with Crippen LogP contribution < -0.4 is 15.6 Å². The third-order valence-corrected chi connectivity index (χ3v) is 5.42. The van der Waals surface area contributed by atoms with E-state index < -0.39 is 18.1 Å². The largest absolute Gasteiger partial charge is 0.479 e. The number of fused-ring (bicyclic) bond motifs is 1. The van der Waals surface area contributed by atoms with E-state index in [0.29, 0.717) is 36.3 Å². The van der Waals surface area contributed by atoms with E-state index in [1.54, 1.807) is 22.8 Å². The second-order valence-corrected chi connectivity index (χ2v) is 7.91. The summed E-state index contributed by atoms with van der Waals surface area (Å²) in [6.45, 7) is 7.99. The van der Waals surface area contributed by atoms with Crippen LogP contribution >= 0.6 is 23.2 Å². The molecule has 0 aliphatic carbocycles. The smallest absolute Gasteiger partial charge is 0.341 e. The van der Waals surface area contributed by atoms with Crippen LogP contribution in [0, 0.1) is 12.5 Å². The number of nitrogens with one attached hydrogen (secondary N) is 1. The zero-order valence-corrected chi connectivity index (χ0v) is 18.0. The van der Waals surface area contributed by atoms with Crippen molar-refractivity contribution in [1.82, 2.24) is 9.55 Å². The highest BCUT2D eigenvalue weighted by atomic mass is 35.5. The van der Waals surface area contributed by atoms with Gasteiger partial charge in [-0.05, 0) is 30.3 Å². The minimum absolute atomic E-state index is 0.0219. The Kier molecular flexibility index (Phi) is 6.19. The van der Waals surface area contributed by atoms with Crippen molar-refractivity contribution in [2.45, 2.75) is 6.54 Å². The molecule has 2 N–H and O–H groups in total. The van der Waals surface area contributed by atoms with Crippen LogP contribution in [0.2, 0.25) is 10.2 Å². The molecule has 0 unspecified atom stereocenters. The number of carboxylic acid groups (broad SMARTS) is 1. The Morgan fingerprint density at radius 1 is 1.34 bits per heavy atom. The molecule has 1 saturated heterocycles. The Hall–Kier alpha value is -3.32. The van der Waals surface area contributed by atoms with Gasteiger partial charge in [-0.3, -0.25) is 4.79 Å². The molecule has 164 valence electrons. The number of benzene rings is 1. The summed E-state index contributed by atoms with van der Waals surface area (Å²) in [5, 5.41) is 12.9. The van der Waals surface area contributed by atoms with Gasteiger partial charge in [-0.1, -0.05) is 23.2 Å². The zero-order valence-electron chi connectivity index (χ0n) is 16.5. The topological polar surface area (TPSA) is 107 Å². The van der Waals surface area contributed by atoms with Crippen molar-refractivity contribution < 1.29 is 19.4 Å². The van der Waals surface area contributed by atoms with E-state index in [9.17, 15) is 9.59 Å². The fraction of sp³-hybridized carbons (Fsp3) is 0.238. The van der Waals surface area contributed by atoms with Crippen LogP contribution in [0.25, 0.3) is 15.7 Å². The first-order valence-electron chi connectivity index (χ1n) is 9.46. The first kappa shape index (κ1) is 21.9. The Labute approximate surface area is 191 Å². The standard InChI is InChI=1S/C21H16Cl2N4O5/c1-24-15-6-14(22)20(26-19(15)23)25-13-2-3-16-12(4-13)5-17(32-10-18(28)29)21(30)27(16)7-11-8-31-9-11/h2-6,11H,7-10H2,(H,25,26)(H,28,29). The third kappa shape index (κ3) is 4.48. The maximum atomic E-state index is 12.9. The van der Waals surface area contributed by atoms with Gasteiger partial charge in [0.05, 0.1) is 30.3 Å². The third-order valence-electron chi connectivity index (χ3n) is 4.85. The van der Waals surface area contributed by atoms with Crippen molar-refractivity contribution >= 4 is 57.3 Å². The van der Waals surface area contributed by atoms with Gasteiger partial charge in [0.25, 0.3) is 5.56 Å². The average molecular weight is 475 g/mol. The number of hydrogen-bond acceptors (Lipinski definition) is 6. The monoisotopic (exact) mass is 474 g/mol. The van der Waals surface area contributed by atoms with Gasteiger partial charge in [0, 0.05) is 23.5 Å². The van der Waals surface area contributed by atoms with E-state index in [-0.39, 0.29) is 33.3 Å². The molecule has 0 saturated carbocycles. The van der Waals surface area contributed by atoms with Gasteiger partial charge in [0.1, 0.15) is 11.0 Å². The number of rotatable bonds is 7. The van der Waals surface area contributed by atoms with Crippen molar-refractivity contribution in [1.29, 1.82) is 0 Å². The second kappa shape index (κ2) is 9.04. The highest BCUT2D eigenvalue weighted by molar-refractivity contribution is 6.36. The maximum absolute atomic E-state index is 12.9. The van der Waals surface area contributed by atoms with Crippen LogP contribution in [-0.2, 0) is 16.1 Å². The molecule has 32 heavy (non-hydrogen) atoms. The second-order valence-electron chi connectivity index (χ2n) is 7.15. The van der Waals surface area contributed by atoms with Gasteiger partial charge in [-0.2, -0.15) is 0 Å². The lowest BCUT2D eigenvalue weighted by Crippen LogP contribution is -2.35. The van der Waals surface area contributed by atoms with E-state index in [4.69, 9.17) is 44.4 Å². The predicted octanol–water partition coefficient (Wildman–Crippen LogP) is 4.11. The number of nitrogens with zero attached hydrogens (tertiary/aromatic N) is 3. The van der Waals surface area contributed by atoms with Crippen LogP contribution in [0.1, 0.15) is 0 Å². The molecule has 1 fully saturated rings. The van der Waals surface area contributed by atoms with Gasteiger partial charge in [0.2, 0.25) is 5.69 Å². The zero-order chi connectivity index (χ0) is 22.8. The molecule has 0 amide bonds. The first-order valence-corrected chi connectivity index (χ1v) is 10.2. The molecule has 1 aromatic carbocycles. The summed E-state index contributed by atoms with van der Waals surface area (Å²) in [5.74, 6) is -0.780. The van der Waals surface area contributed by atoms with Gasteiger partial charge in [-0.15, -0.1) is 0 Å². The predicted molar refractivity (Wildman–Crippen MR) is 119 cm³/mol. The highest BCUT2D eigenvalue weighted by Crippen LogP contribution is 2.33. The number of aromatic nitrogens is 2. The van der Waals surface area contributed by atoms with E-state index in [1.807, 2.05) is 0 Å². The lowest BCUT2D eigenvalue weighted by atomic mass is 10.1. The number of pyridine rings is 2. The molecule has 0 atom stereocenters. The van der Waals surface area contributed by atoms with Gasteiger partial charge in [-0.25, -0.2) is 14.6 Å². The molecule has 2 aromatic heterocycles.